The van der Waals surface area contributed by atoms with Gasteiger partial charge in [0.2, 0.25) is 0 Å². The van der Waals surface area contributed by atoms with Crippen LogP contribution in [0.1, 0.15) is 42.5 Å². The average molecular weight is 329 g/mol. The Morgan fingerprint density at radius 1 is 1.19 bits per heavy atom. The van der Waals surface area contributed by atoms with Crippen LogP contribution in [0.3, 0.4) is 0 Å². The smallest absolute Gasteiger partial charge is 0.252 e. The first kappa shape index (κ1) is 16.6. The van der Waals surface area contributed by atoms with Crippen LogP contribution < -0.4 is 10.6 Å². The fourth-order valence-electron chi connectivity index (χ4n) is 2.33. The highest BCUT2D eigenvalue weighted by Crippen LogP contribution is 2.27. The second-order valence-corrected chi connectivity index (χ2v) is 6.35. The van der Waals surface area contributed by atoms with Crippen LogP contribution in [0.2, 0.25) is 10.0 Å². The molecule has 0 radical (unpaired) electrons. The molecule has 0 spiro atoms. The molecule has 5 heteroatoms. The maximum Gasteiger partial charge on any atom is 0.252 e. The monoisotopic (exact) mass is 328 g/mol. The third-order valence-electron chi connectivity index (χ3n) is 3.93. The number of carbonyl (C=O) groups excluding carboxylic acids is 1. The van der Waals surface area contributed by atoms with Crippen molar-refractivity contribution < 1.29 is 4.79 Å². The summed E-state index contributed by atoms with van der Waals surface area (Å²) in [4.78, 5) is 11.8. The van der Waals surface area contributed by atoms with Gasteiger partial charge in [0.05, 0.1) is 15.6 Å². The quantitative estimate of drug-likeness (QED) is 0.883. The zero-order valence-corrected chi connectivity index (χ0v) is 13.6. The highest BCUT2D eigenvalue weighted by Gasteiger charge is 2.19. The van der Waals surface area contributed by atoms with Crippen LogP contribution in [-0.2, 0) is 0 Å². The summed E-state index contributed by atoms with van der Waals surface area (Å²) < 4.78 is 0. The summed E-state index contributed by atoms with van der Waals surface area (Å²) in [6.45, 7) is 3.24. The van der Waals surface area contributed by atoms with Crippen molar-refractivity contribution >= 4 is 29.1 Å². The molecule has 1 aliphatic heterocycles. The molecule has 0 aromatic heterocycles. The van der Waals surface area contributed by atoms with E-state index in [1.165, 1.54) is 45.2 Å². The normalized spacial score (nSPS) is 17.6. The molecule has 2 aliphatic rings. The Kier molecular flexibility index (Phi) is 6.81. The summed E-state index contributed by atoms with van der Waals surface area (Å²) >= 11 is 11.8. The molecule has 2 fully saturated rings. The molecule has 21 heavy (non-hydrogen) atoms. The van der Waals surface area contributed by atoms with Gasteiger partial charge in [-0.05, 0) is 56.8 Å². The van der Waals surface area contributed by atoms with Crippen LogP contribution in [0.5, 0.6) is 0 Å². The van der Waals surface area contributed by atoms with Crippen molar-refractivity contribution in [3.63, 3.8) is 0 Å². The van der Waals surface area contributed by atoms with Gasteiger partial charge in [0.1, 0.15) is 0 Å². The van der Waals surface area contributed by atoms with Crippen LogP contribution in [0.4, 0.5) is 0 Å². The molecule has 1 heterocycles. The van der Waals surface area contributed by atoms with E-state index in [9.17, 15) is 4.79 Å². The zero-order valence-electron chi connectivity index (χ0n) is 12.1. The van der Waals surface area contributed by atoms with E-state index in [0.717, 1.165) is 6.54 Å². The predicted molar refractivity (Wildman–Crippen MR) is 88.2 cm³/mol. The Bertz CT molecular complexity index is 464. The third-order valence-corrected chi connectivity index (χ3v) is 4.75. The number of nitrogens with one attached hydrogen (secondary N) is 2. The van der Waals surface area contributed by atoms with Gasteiger partial charge in [0.25, 0.3) is 5.91 Å². The van der Waals surface area contributed by atoms with E-state index in [1.54, 1.807) is 18.2 Å². The Morgan fingerprint density at radius 2 is 1.90 bits per heavy atom. The summed E-state index contributed by atoms with van der Waals surface area (Å²) in [6.07, 6.45) is 6.48. The highest BCUT2D eigenvalue weighted by atomic mass is 35.5. The van der Waals surface area contributed by atoms with E-state index in [4.69, 9.17) is 23.2 Å². The van der Waals surface area contributed by atoms with Crippen molar-refractivity contribution in [3.05, 3.63) is 33.8 Å². The minimum atomic E-state index is -0.139. The van der Waals surface area contributed by atoms with Crippen molar-refractivity contribution in [1.29, 1.82) is 0 Å². The first-order valence-corrected chi connectivity index (χ1v) is 8.37. The Labute approximate surface area is 136 Å². The summed E-state index contributed by atoms with van der Waals surface area (Å²) in [6, 6.07) is 5.09. The van der Waals surface area contributed by atoms with Gasteiger partial charge in [-0.3, -0.25) is 4.79 Å². The molecular formula is C16H22Cl2N2O. The van der Waals surface area contributed by atoms with E-state index in [1.807, 2.05) is 0 Å². The summed E-state index contributed by atoms with van der Waals surface area (Å²) in [5.74, 6) is 0.501. The molecule has 1 amide bonds. The molecule has 1 aromatic carbocycles. The lowest BCUT2D eigenvalue weighted by Crippen LogP contribution is -2.32. The van der Waals surface area contributed by atoms with Crippen molar-refractivity contribution in [1.82, 2.24) is 10.6 Å². The van der Waals surface area contributed by atoms with Crippen LogP contribution in [0.15, 0.2) is 18.2 Å². The summed E-state index contributed by atoms with van der Waals surface area (Å²) in [7, 11) is 0. The predicted octanol–water partition coefficient (Wildman–Crippen LogP) is 3.89. The Balaban J connectivity index is 0.000000272. The largest absolute Gasteiger partial charge is 0.352 e. The summed E-state index contributed by atoms with van der Waals surface area (Å²) in [5, 5.41) is 6.85. The van der Waals surface area contributed by atoms with Gasteiger partial charge in [-0.1, -0.05) is 35.7 Å². The molecule has 0 unspecified atom stereocenters. The molecule has 0 bridgehead atoms. The van der Waals surface area contributed by atoms with Crippen molar-refractivity contribution in [3.8, 4) is 0 Å². The van der Waals surface area contributed by atoms with Crippen molar-refractivity contribution in [2.24, 2.45) is 5.92 Å². The number of benzene rings is 1. The van der Waals surface area contributed by atoms with Gasteiger partial charge in [0.15, 0.2) is 0 Å². The zero-order chi connectivity index (χ0) is 15.1. The standard InChI is InChI=1S/C12H13Cl2NO.C4H9N/c13-10-6-2-5-9(11(10)14)12(16)15-7-8-3-1-4-8;1-2-4-5-3-1/h2,5-6,8H,1,3-4,7H2,(H,15,16);5H,1-4H2. The molecule has 116 valence electrons. The lowest BCUT2D eigenvalue weighted by molar-refractivity contribution is 0.0939. The Morgan fingerprint density at radius 3 is 2.43 bits per heavy atom. The highest BCUT2D eigenvalue weighted by molar-refractivity contribution is 6.43. The average Bonchev–Trinajstić information content (AvgIpc) is 2.99. The maximum absolute atomic E-state index is 11.8. The molecule has 0 atom stereocenters. The fourth-order valence-corrected chi connectivity index (χ4v) is 2.72. The number of hydrogen-bond donors (Lipinski definition) is 2. The van der Waals surface area contributed by atoms with Crippen LogP contribution in [-0.4, -0.2) is 25.5 Å². The van der Waals surface area contributed by atoms with Gasteiger partial charge < -0.3 is 10.6 Å². The minimum absolute atomic E-state index is 0.139. The lowest BCUT2D eigenvalue weighted by atomic mass is 9.85. The summed E-state index contributed by atoms with van der Waals surface area (Å²) in [5.41, 5.74) is 0.452. The van der Waals surface area contributed by atoms with Gasteiger partial charge in [-0.15, -0.1) is 0 Å². The third kappa shape index (κ3) is 5.17. The molecule has 1 aliphatic carbocycles. The van der Waals surface area contributed by atoms with E-state index < -0.39 is 0 Å². The van der Waals surface area contributed by atoms with Crippen LogP contribution in [0, 0.1) is 5.92 Å². The van der Waals surface area contributed by atoms with E-state index in [-0.39, 0.29) is 5.91 Å². The fraction of sp³-hybridized carbons (Fsp3) is 0.562. The van der Waals surface area contributed by atoms with E-state index >= 15 is 0 Å². The first-order chi connectivity index (χ1) is 10.2. The van der Waals surface area contributed by atoms with Gasteiger partial charge in [0, 0.05) is 6.54 Å². The minimum Gasteiger partial charge on any atom is -0.352 e. The molecule has 1 saturated carbocycles. The molecule has 1 aromatic rings. The number of hydrogen-bond acceptors (Lipinski definition) is 2. The second-order valence-electron chi connectivity index (χ2n) is 5.57. The molecule has 3 rings (SSSR count). The lowest BCUT2D eigenvalue weighted by Gasteiger charge is -2.25. The van der Waals surface area contributed by atoms with Crippen molar-refractivity contribution in [2.75, 3.05) is 19.6 Å². The van der Waals surface area contributed by atoms with E-state index in [2.05, 4.69) is 10.6 Å². The van der Waals surface area contributed by atoms with Gasteiger partial charge in [-0.25, -0.2) is 0 Å². The SMILES string of the molecule is C1CCNC1.O=C(NCC1CCC1)c1cccc(Cl)c1Cl. The number of amides is 1. The molecular weight excluding hydrogens is 307 g/mol. The van der Waals surface area contributed by atoms with Crippen LogP contribution in [0.25, 0.3) is 0 Å². The number of halogens is 2. The molecule has 1 saturated heterocycles. The Hall–Kier alpha value is -0.770. The van der Waals surface area contributed by atoms with Gasteiger partial charge in [-0.2, -0.15) is 0 Å². The topological polar surface area (TPSA) is 41.1 Å². The van der Waals surface area contributed by atoms with E-state index in [0.29, 0.717) is 21.5 Å². The van der Waals surface area contributed by atoms with Crippen molar-refractivity contribution in [2.45, 2.75) is 32.1 Å². The molecule has 2 N–H and O–H groups in total. The second kappa shape index (κ2) is 8.62. The molecule has 3 nitrogen and oxygen atoms in total. The van der Waals surface area contributed by atoms with Gasteiger partial charge >= 0.3 is 0 Å². The number of carbonyl (C=O) groups is 1. The maximum atomic E-state index is 11.8. The number of rotatable bonds is 3. The van der Waals surface area contributed by atoms with Crippen LogP contribution >= 0.6 is 23.2 Å². The first-order valence-electron chi connectivity index (χ1n) is 7.61.